The molecule has 5 nitrogen and oxygen atoms in total. The van der Waals surface area contributed by atoms with Gasteiger partial charge in [0.15, 0.2) is 0 Å². The SMILES string of the molecule is COc1cccc(C(=O)N2CCN(C)C(C)C2)c1N. The summed E-state index contributed by atoms with van der Waals surface area (Å²) in [5, 5.41) is 0. The van der Waals surface area contributed by atoms with E-state index in [0.717, 1.165) is 19.6 Å². The largest absolute Gasteiger partial charge is 0.495 e. The van der Waals surface area contributed by atoms with Crippen molar-refractivity contribution in [2.75, 3.05) is 39.5 Å². The number of benzene rings is 1. The summed E-state index contributed by atoms with van der Waals surface area (Å²) in [7, 11) is 3.63. The highest BCUT2D eigenvalue weighted by molar-refractivity contribution is 6.00. The van der Waals surface area contributed by atoms with Crippen LogP contribution in [0, 0.1) is 0 Å². The van der Waals surface area contributed by atoms with E-state index in [1.165, 1.54) is 0 Å². The fourth-order valence-electron chi connectivity index (χ4n) is 2.31. The highest BCUT2D eigenvalue weighted by atomic mass is 16.5. The maximum absolute atomic E-state index is 12.5. The molecule has 1 fully saturated rings. The normalized spacial score (nSPS) is 20.4. The summed E-state index contributed by atoms with van der Waals surface area (Å²) in [6, 6.07) is 5.67. The average Bonchev–Trinajstić information content (AvgIpc) is 2.41. The van der Waals surface area contributed by atoms with E-state index in [-0.39, 0.29) is 5.91 Å². The summed E-state index contributed by atoms with van der Waals surface area (Å²) in [5.74, 6) is 0.532. The molecule has 0 aromatic heterocycles. The molecule has 19 heavy (non-hydrogen) atoms. The number of piperazine rings is 1. The van der Waals surface area contributed by atoms with Gasteiger partial charge in [-0.05, 0) is 26.1 Å². The lowest BCUT2D eigenvalue weighted by atomic mass is 10.1. The summed E-state index contributed by atoms with van der Waals surface area (Å²) in [5.41, 5.74) is 6.92. The topological polar surface area (TPSA) is 58.8 Å². The first kappa shape index (κ1) is 13.7. The van der Waals surface area contributed by atoms with Crippen LogP contribution in [0.5, 0.6) is 5.75 Å². The van der Waals surface area contributed by atoms with Gasteiger partial charge in [-0.1, -0.05) is 6.07 Å². The van der Waals surface area contributed by atoms with Crippen LogP contribution in [0.3, 0.4) is 0 Å². The molecule has 1 saturated heterocycles. The molecule has 1 unspecified atom stereocenters. The minimum Gasteiger partial charge on any atom is -0.495 e. The maximum atomic E-state index is 12.5. The zero-order valence-corrected chi connectivity index (χ0v) is 11.7. The van der Waals surface area contributed by atoms with Crippen molar-refractivity contribution in [1.29, 1.82) is 0 Å². The van der Waals surface area contributed by atoms with E-state index in [1.807, 2.05) is 4.90 Å². The zero-order valence-electron chi connectivity index (χ0n) is 11.7. The van der Waals surface area contributed by atoms with Gasteiger partial charge in [-0.3, -0.25) is 4.79 Å². The Hall–Kier alpha value is -1.75. The molecule has 1 aliphatic rings. The molecule has 5 heteroatoms. The molecule has 1 aromatic carbocycles. The van der Waals surface area contributed by atoms with Crippen molar-refractivity contribution in [3.05, 3.63) is 23.8 Å². The predicted molar refractivity (Wildman–Crippen MR) is 75.4 cm³/mol. The predicted octanol–water partition coefficient (Wildman–Crippen LogP) is 1.05. The Morgan fingerprint density at radius 2 is 2.16 bits per heavy atom. The number of carbonyl (C=O) groups is 1. The van der Waals surface area contributed by atoms with Gasteiger partial charge < -0.3 is 20.3 Å². The summed E-state index contributed by atoms with van der Waals surface area (Å²) in [4.78, 5) is 16.6. The maximum Gasteiger partial charge on any atom is 0.256 e. The van der Waals surface area contributed by atoms with Gasteiger partial charge in [-0.2, -0.15) is 0 Å². The van der Waals surface area contributed by atoms with Gasteiger partial charge in [-0.15, -0.1) is 0 Å². The fraction of sp³-hybridized carbons (Fsp3) is 0.500. The minimum atomic E-state index is -0.0173. The number of carbonyl (C=O) groups excluding carboxylic acids is 1. The smallest absolute Gasteiger partial charge is 0.256 e. The Morgan fingerprint density at radius 1 is 1.42 bits per heavy atom. The Balaban J connectivity index is 2.20. The first-order valence-corrected chi connectivity index (χ1v) is 6.46. The Morgan fingerprint density at radius 3 is 2.79 bits per heavy atom. The fourth-order valence-corrected chi connectivity index (χ4v) is 2.31. The van der Waals surface area contributed by atoms with E-state index < -0.39 is 0 Å². The van der Waals surface area contributed by atoms with Crippen LogP contribution in [0.4, 0.5) is 5.69 Å². The molecule has 1 atom stereocenters. The monoisotopic (exact) mass is 263 g/mol. The number of rotatable bonds is 2. The summed E-state index contributed by atoms with van der Waals surface area (Å²) in [6.07, 6.45) is 0. The van der Waals surface area contributed by atoms with Crippen LogP contribution in [0.15, 0.2) is 18.2 Å². The van der Waals surface area contributed by atoms with Gasteiger partial charge in [0.25, 0.3) is 5.91 Å². The number of nitrogen functional groups attached to an aromatic ring is 1. The van der Waals surface area contributed by atoms with Crippen LogP contribution >= 0.6 is 0 Å². The third kappa shape index (κ3) is 2.66. The van der Waals surface area contributed by atoms with E-state index in [0.29, 0.717) is 23.0 Å². The van der Waals surface area contributed by atoms with Crippen LogP contribution in [0.25, 0.3) is 0 Å². The molecule has 104 valence electrons. The number of hydrogen-bond donors (Lipinski definition) is 1. The van der Waals surface area contributed by atoms with Crippen LogP contribution in [-0.4, -0.2) is 55.5 Å². The molecule has 1 amide bonds. The number of para-hydroxylation sites is 1. The second-order valence-electron chi connectivity index (χ2n) is 5.00. The van der Waals surface area contributed by atoms with Gasteiger partial charge >= 0.3 is 0 Å². The van der Waals surface area contributed by atoms with E-state index in [1.54, 1.807) is 25.3 Å². The van der Waals surface area contributed by atoms with Crippen molar-refractivity contribution < 1.29 is 9.53 Å². The van der Waals surface area contributed by atoms with E-state index in [2.05, 4.69) is 18.9 Å². The molecule has 0 spiro atoms. The quantitative estimate of drug-likeness (QED) is 0.810. The lowest BCUT2D eigenvalue weighted by molar-refractivity contribution is 0.0573. The van der Waals surface area contributed by atoms with Gasteiger partial charge in [0.05, 0.1) is 18.4 Å². The standard InChI is InChI=1S/C14H21N3O2/c1-10-9-17(8-7-16(10)2)14(18)11-5-4-6-12(19-3)13(11)15/h4-6,10H,7-9,15H2,1-3H3. The molecule has 0 bridgehead atoms. The van der Waals surface area contributed by atoms with Crippen molar-refractivity contribution in [2.45, 2.75) is 13.0 Å². The second kappa shape index (κ2) is 5.48. The van der Waals surface area contributed by atoms with E-state index in [4.69, 9.17) is 10.5 Å². The number of anilines is 1. The van der Waals surface area contributed by atoms with Crippen LogP contribution in [-0.2, 0) is 0 Å². The lowest BCUT2D eigenvalue weighted by Gasteiger charge is -2.37. The minimum absolute atomic E-state index is 0.0173. The van der Waals surface area contributed by atoms with Crippen LogP contribution in [0.1, 0.15) is 17.3 Å². The molecular weight excluding hydrogens is 242 g/mol. The van der Waals surface area contributed by atoms with Crippen molar-refractivity contribution in [3.63, 3.8) is 0 Å². The van der Waals surface area contributed by atoms with Gasteiger partial charge in [-0.25, -0.2) is 0 Å². The molecule has 1 heterocycles. The van der Waals surface area contributed by atoms with Crippen molar-refractivity contribution in [2.24, 2.45) is 0 Å². The lowest BCUT2D eigenvalue weighted by Crippen LogP contribution is -2.52. The number of methoxy groups -OCH3 is 1. The third-order valence-electron chi connectivity index (χ3n) is 3.76. The first-order chi connectivity index (χ1) is 9.04. The molecule has 1 aromatic rings. The summed E-state index contributed by atoms with van der Waals surface area (Å²) >= 11 is 0. The van der Waals surface area contributed by atoms with Crippen molar-refractivity contribution in [1.82, 2.24) is 9.80 Å². The van der Waals surface area contributed by atoms with Crippen molar-refractivity contribution >= 4 is 11.6 Å². The molecule has 0 radical (unpaired) electrons. The molecular formula is C14H21N3O2. The van der Waals surface area contributed by atoms with E-state index >= 15 is 0 Å². The Kier molecular flexibility index (Phi) is 3.95. The third-order valence-corrected chi connectivity index (χ3v) is 3.76. The number of ether oxygens (including phenoxy) is 1. The number of hydrogen-bond acceptors (Lipinski definition) is 4. The Bertz CT molecular complexity index is 476. The molecule has 1 aliphatic heterocycles. The molecule has 0 saturated carbocycles. The van der Waals surface area contributed by atoms with Crippen molar-refractivity contribution in [3.8, 4) is 5.75 Å². The van der Waals surface area contributed by atoms with Crippen LogP contribution in [0.2, 0.25) is 0 Å². The van der Waals surface area contributed by atoms with E-state index in [9.17, 15) is 4.79 Å². The number of nitrogens with two attached hydrogens (primary N) is 1. The molecule has 2 rings (SSSR count). The van der Waals surface area contributed by atoms with Gasteiger partial charge in [0, 0.05) is 25.7 Å². The highest BCUT2D eigenvalue weighted by Crippen LogP contribution is 2.26. The number of likely N-dealkylation sites (N-methyl/N-ethyl adjacent to an activating group) is 1. The Labute approximate surface area is 113 Å². The number of nitrogens with zero attached hydrogens (tertiary/aromatic N) is 2. The first-order valence-electron chi connectivity index (χ1n) is 6.46. The van der Waals surface area contributed by atoms with Gasteiger partial charge in [0.1, 0.15) is 5.75 Å². The van der Waals surface area contributed by atoms with Gasteiger partial charge in [0.2, 0.25) is 0 Å². The highest BCUT2D eigenvalue weighted by Gasteiger charge is 2.26. The average molecular weight is 263 g/mol. The zero-order chi connectivity index (χ0) is 14.0. The van der Waals surface area contributed by atoms with Crippen LogP contribution < -0.4 is 10.5 Å². The molecule has 2 N–H and O–H groups in total. The number of amides is 1. The second-order valence-corrected chi connectivity index (χ2v) is 5.00. The molecule has 0 aliphatic carbocycles. The summed E-state index contributed by atoms with van der Waals surface area (Å²) < 4.78 is 5.16. The summed E-state index contributed by atoms with van der Waals surface area (Å²) in [6.45, 7) is 4.47.